The van der Waals surface area contributed by atoms with Gasteiger partial charge in [-0.15, -0.1) is 0 Å². The molecule has 0 saturated carbocycles. The topological polar surface area (TPSA) is 64.4 Å². The van der Waals surface area contributed by atoms with Crippen LogP contribution in [0.4, 0.5) is 0 Å². The predicted molar refractivity (Wildman–Crippen MR) is 78.3 cm³/mol. The van der Waals surface area contributed by atoms with Gasteiger partial charge in [-0.2, -0.15) is 5.10 Å². The quantitative estimate of drug-likeness (QED) is 0.909. The van der Waals surface area contributed by atoms with Crippen LogP contribution >= 0.6 is 15.9 Å². The molecule has 5 nitrogen and oxygen atoms in total. The number of aryl methyl sites for hydroxylation is 1. The van der Waals surface area contributed by atoms with Crippen molar-refractivity contribution in [3.8, 4) is 5.75 Å². The van der Waals surface area contributed by atoms with Gasteiger partial charge >= 0.3 is 5.97 Å². The van der Waals surface area contributed by atoms with E-state index < -0.39 is 5.97 Å². The molecule has 0 amide bonds. The minimum absolute atomic E-state index is 0.271. The van der Waals surface area contributed by atoms with E-state index in [-0.39, 0.29) is 5.56 Å². The Hall–Kier alpha value is -1.82. The summed E-state index contributed by atoms with van der Waals surface area (Å²) in [7, 11) is 0. The molecule has 0 aliphatic heterocycles. The molecule has 1 N–H and O–H groups in total. The SMILES string of the molecule is Cc1nn(CCOc2cccc(Br)c2)c(C)c1C(=O)O. The molecule has 2 rings (SSSR count). The summed E-state index contributed by atoms with van der Waals surface area (Å²) in [5, 5.41) is 13.3. The van der Waals surface area contributed by atoms with Crippen molar-refractivity contribution in [1.29, 1.82) is 0 Å². The number of nitrogens with zero attached hydrogens (tertiary/aromatic N) is 2. The minimum atomic E-state index is -0.945. The van der Waals surface area contributed by atoms with Crippen molar-refractivity contribution in [2.45, 2.75) is 20.4 Å². The van der Waals surface area contributed by atoms with E-state index in [9.17, 15) is 4.79 Å². The largest absolute Gasteiger partial charge is 0.492 e. The van der Waals surface area contributed by atoms with Crippen LogP contribution in [0.5, 0.6) is 5.75 Å². The maximum atomic E-state index is 11.1. The van der Waals surface area contributed by atoms with Crippen LogP contribution in [0, 0.1) is 13.8 Å². The number of carbonyl (C=O) groups is 1. The number of hydrogen-bond donors (Lipinski definition) is 1. The molecule has 0 unspecified atom stereocenters. The normalized spacial score (nSPS) is 10.6. The minimum Gasteiger partial charge on any atom is -0.492 e. The van der Waals surface area contributed by atoms with Crippen molar-refractivity contribution in [2.75, 3.05) is 6.61 Å². The number of carboxylic acids is 1. The third kappa shape index (κ3) is 3.19. The summed E-state index contributed by atoms with van der Waals surface area (Å²) in [5.41, 5.74) is 1.44. The van der Waals surface area contributed by atoms with Crippen LogP contribution in [-0.4, -0.2) is 27.5 Å². The highest BCUT2D eigenvalue weighted by atomic mass is 79.9. The van der Waals surface area contributed by atoms with Gasteiger partial charge in [-0.3, -0.25) is 4.68 Å². The third-order valence-corrected chi connectivity index (χ3v) is 3.46. The van der Waals surface area contributed by atoms with Crippen LogP contribution in [-0.2, 0) is 6.54 Å². The number of aromatic carboxylic acids is 1. The molecule has 20 heavy (non-hydrogen) atoms. The standard InChI is InChI=1S/C14H15BrN2O3/c1-9-13(14(18)19)10(2)17(16-9)6-7-20-12-5-3-4-11(15)8-12/h3-5,8H,6-7H2,1-2H3,(H,18,19). The fourth-order valence-corrected chi connectivity index (χ4v) is 2.41. The molecular weight excluding hydrogens is 324 g/mol. The Bertz CT molecular complexity index is 637. The summed E-state index contributed by atoms with van der Waals surface area (Å²) in [6, 6.07) is 7.57. The Balaban J connectivity index is 2.01. The van der Waals surface area contributed by atoms with Crippen LogP contribution in [0.1, 0.15) is 21.7 Å². The predicted octanol–water partition coefficient (Wildman–Crippen LogP) is 3.04. The van der Waals surface area contributed by atoms with Crippen LogP contribution in [0.15, 0.2) is 28.7 Å². The molecule has 1 aromatic carbocycles. The maximum absolute atomic E-state index is 11.1. The van der Waals surface area contributed by atoms with Gasteiger partial charge in [0.25, 0.3) is 0 Å². The summed E-state index contributed by atoms with van der Waals surface area (Å²) in [5.74, 6) is -0.182. The van der Waals surface area contributed by atoms with Crippen molar-refractivity contribution in [1.82, 2.24) is 9.78 Å². The van der Waals surface area contributed by atoms with Crippen molar-refractivity contribution in [3.05, 3.63) is 45.7 Å². The van der Waals surface area contributed by atoms with Crippen LogP contribution < -0.4 is 4.74 Å². The Labute approximate surface area is 125 Å². The highest BCUT2D eigenvalue weighted by molar-refractivity contribution is 9.10. The van der Waals surface area contributed by atoms with E-state index in [1.807, 2.05) is 24.3 Å². The van der Waals surface area contributed by atoms with E-state index in [1.165, 1.54) is 0 Å². The molecule has 0 aliphatic carbocycles. The Morgan fingerprint density at radius 2 is 2.20 bits per heavy atom. The summed E-state index contributed by atoms with van der Waals surface area (Å²) in [6.45, 7) is 4.38. The van der Waals surface area contributed by atoms with Gasteiger partial charge in [0, 0.05) is 4.47 Å². The Morgan fingerprint density at radius 3 is 2.80 bits per heavy atom. The van der Waals surface area contributed by atoms with E-state index in [1.54, 1.807) is 18.5 Å². The average molecular weight is 339 g/mol. The highest BCUT2D eigenvalue weighted by Crippen LogP contribution is 2.18. The van der Waals surface area contributed by atoms with Gasteiger partial charge in [-0.05, 0) is 32.0 Å². The zero-order valence-corrected chi connectivity index (χ0v) is 12.8. The molecule has 1 aromatic heterocycles. The number of benzene rings is 1. The number of carboxylic acid groups (broad SMARTS) is 1. The smallest absolute Gasteiger partial charge is 0.339 e. The maximum Gasteiger partial charge on any atom is 0.339 e. The van der Waals surface area contributed by atoms with Crippen LogP contribution in [0.3, 0.4) is 0 Å². The van der Waals surface area contributed by atoms with Crippen molar-refractivity contribution in [2.24, 2.45) is 0 Å². The summed E-state index contributed by atoms with van der Waals surface area (Å²) < 4.78 is 8.23. The lowest BCUT2D eigenvalue weighted by molar-refractivity contribution is 0.0695. The van der Waals surface area contributed by atoms with Gasteiger partial charge < -0.3 is 9.84 Å². The molecular formula is C14H15BrN2O3. The first kappa shape index (κ1) is 14.6. The van der Waals surface area contributed by atoms with Gasteiger partial charge in [-0.25, -0.2) is 4.79 Å². The zero-order chi connectivity index (χ0) is 14.7. The Kier molecular flexibility index (Phi) is 4.44. The Morgan fingerprint density at radius 1 is 1.45 bits per heavy atom. The second-order valence-corrected chi connectivity index (χ2v) is 5.30. The molecule has 1 heterocycles. The van der Waals surface area contributed by atoms with E-state index in [0.717, 1.165) is 10.2 Å². The van der Waals surface area contributed by atoms with Gasteiger partial charge in [-0.1, -0.05) is 22.0 Å². The first-order valence-corrected chi connectivity index (χ1v) is 6.94. The van der Waals surface area contributed by atoms with Crippen molar-refractivity contribution >= 4 is 21.9 Å². The molecule has 0 fully saturated rings. The third-order valence-electron chi connectivity index (χ3n) is 2.96. The van der Waals surface area contributed by atoms with E-state index >= 15 is 0 Å². The fourth-order valence-electron chi connectivity index (χ4n) is 2.03. The van der Waals surface area contributed by atoms with Gasteiger partial charge in [0.1, 0.15) is 17.9 Å². The van der Waals surface area contributed by atoms with E-state index in [4.69, 9.17) is 9.84 Å². The number of rotatable bonds is 5. The average Bonchev–Trinajstić information content (AvgIpc) is 2.64. The van der Waals surface area contributed by atoms with Gasteiger partial charge in [0.15, 0.2) is 0 Å². The van der Waals surface area contributed by atoms with E-state index in [0.29, 0.717) is 24.5 Å². The van der Waals surface area contributed by atoms with E-state index in [2.05, 4.69) is 21.0 Å². The molecule has 0 saturated heterocycles. The van der Waals surface area contributed by atoms with Gasteiger partial charge in [0.05, 0.1) is 17.9 Å². The number of aromatic nitrogens is 2. The molecule has 0 atom stereocenters. The zero-order valence-electron chi connectivity index (χ0n) is 11.3. The lowest BCUT2D eigenvalue weighted by Gasteiger charge is -2.08. The number of halogens is 1. The number of ether oxygens (including phenoxy) is 1. The van der Waals surface area contributed by atoms with Gasteiger partial charge in [0.2, 0.25) is 0 Å². The molecule has 0 aliphatic rings. The molecule has 0 bridgehead atoms. The molecule has 2 aromatic rings. The first-order valence-electron chi connectivity index (χ1n) is 6.14. The summed E-state index contributed by atoms with van der Waals surface area (Å²) >= 11 is 3.38. The second-order valence-electron chi connectivity index (χ2n) is 4.38. The number of hydrogen-bond acceptors (Lipinski definition) is 3. The van der Waals surface area contributed by atoms with Crippen molar-refractivity contribution in [3.63, 3.8) is 0 Å². The molecule has 106 valence electrons. The molecule has 0 radical (unpaired) electrons. The fraction of sp³-hybridized carbons (Fsp3) is 0.286. The second kappa shape index (κ2) is 6.09. The van der Waals surface area contributed by atoms with Crippen LogP contribution in [0.25, 0.3) is 0 Å². The molecule has 0 spiro atoms. The summed E-state index contributed by atoms with van der Waals surface area (Å²) in [4.78, 5) is 11.1. The first-order chi connectivity index (χ1) is 9.49. The van der Waals surface area contributed by atoms with Crippen LogP contribution in [0.2, 0.25) is 0 Å². The lowest BCUT2D eigenvalue weighted by atomic mass is 10.2. The monoisotopic (exact) mass is 338 g/mol. The lowest BCUT2D eigenvalue weighted by Crippen LogP contribution is -2.11. The summed E-state index contributed by atoms with van der Waals surface area (Å²) in [6.07, 6.45) is 0. The molecule has 6 heteroatoms. The van der Waals surface area contributed by atoms with Crippen molar-refractivity contribution < 1.29 is 14.6 Å². The highest BCUT2D eigenvalue weighted by Gasteiger charge is 2.17.